The summed E-state index contributed by atoms with van der Waals surface area (Å²) in [7, 11) is 0. The molecule has 1 aliphatic heterocycles. The molecule has 1 aliphatic carbocycles. The third-order valence-corrected chi connectivity index (χ3v) is 5.67. The van der Waals surface area contributed by atoms with Crippen molar-refractivity contribution in [3.8, 4) is 0 Å². The number of morpholine rings is 1. The van der Waals surface area contributed by atoms with Gasteiger partial charge in [-0.05, 0) is 42.5 Å². The maximum atomic E-state index is 12.6. The van der Waals surface area contributed by atoms with Crippen LogP contribution in [0.15, 0.2) is 42.7 Å². The SMILES string of the molecule is O=C(N[C@@H]1CC(Cn2cccn2)C[C@H]1O)c1ccc(CN2CCOCC2)cc1. The van der Waals surface area contributed by atoms with E-state index in [1.165, 1.54) is 5.56 Å². The summed E-state index contributed by atoms with van der Waals surface area (Å²) in [4.78, 5) is 15.0. The van der Waals surface area contributed by atoms with Crippen molar-refractivity contribution in [2.24, 2.45) is 5.92 Å². The summed E-state index contributed by atoms with van der Waals surface area (Å²) in [5.74, 6) is 0.192. The molecule has 1 aromatic carbocycles. The number of aromatic nitrogens is 2. The lowest BCUT2D eigenvalue weighted by molar-refractivity contribution is 0.0342. The molecule has 1 aromatic heterocycles. The largest absolute Gasteiger partial charge is 0.391 e. The van der Waals surface area contributed by atoms with Gasteiger partial charge in [-0.1, -0.05) is 12.1 Å². The molecule has 2 N–H and O–H groups in total. The second-order valence-electron chi connectivity index (χ2n) is 7.80. The minimum atomic E-state index is -0.509. The Kier molecular flexibility index (Phi) is 6.04. The first-order chi connectivity index (χ1) is 13.7. The van der Waals surface area contributed by atoms with Crippen LogP contribution in [-0.4, -0.2) is 64.1 Å². The van der Waals surface area contributed by atoms with E-state index in [0.29, 0.717) is 17.9 Å². The lowest BCUT2D eigenvalue weighted by Gasteiger charge is -2.26. The zero-order valence-corrected chi connectivity index (χ0v) is 16.0. The molecular weight excluding hydrogens is 356 g/mol. The van der Waals surface area contributed by atoms with Crippen LogP contribution in [0.4, 0.5) is 0 Å². The summed E-state index contributed by atoms with van der Waals surface area (Å²) in [5, 5.41) is 17.6. The zero-order chi connectivity index (χ0) is 19.3. The van der Waals surface area contributed by atoms with Crippen LogP contribution in [0.1, 0.15) is 28.8 Å². The molecule has 1 amide bonds. The molecule has 7 heteroatoms. The zero-order valence-electron chi connectivity index (χ0n) is 16.0. The molecule has 1 saturated heterocycles. The molecule has 2 aliphatic rings. The molecule has 2 fully saturated rings. The van der Waals surface area contributed by atoms with Crippen molar-refractivity contribution in [1.29, 1.82) is 0 Å². The molecule has 150 valence electrons. The molecule has 0 radical (unpaired) electrons. The maximum Gasteiger partial charge on any atom is 0.251 e. The van der Waals surface area contributed by atoms with Crippen molar-refractivity contribution < 1.29 is 14.6 Å². The second kappa shape index (κ2) is 8.86. The number of carbonyl (C=O) groups is 1. The van der Waals surface area contributed by atoms with Crippen LogP contribution >= 0.6 is 0 Å². The van der Waals surface area contributed by atoms with Gasteiger partial charge in [-0.2, -0.15) is 5.10 Å². The summed E-state index contributed by atoms with van der Waals surface area (Å²) in [6.07, 6.45) is 4.63. The molecule has 1 saturated carbocycles. The smallest absolute Gasteiger partial charge is 0.251 e. The van der Waals surface area contributed by atoms with E-state index in [1.807, 2.05) is 41.2 Å². The fourth-order valence-corrected chi connectivity index (χ4v) is 4.13. The van der Waals surface area contributed by atoms with E-state index >= 15 is 0 Å². The Morgan fingerprint density at radius 3 is 2.71 bits per heavy atom. The van der Waals surface area contributed by atoms with Gasteiger partial charge in [0.2, 0.25) is 0 Å². The second-order valence-corrected chi connectivity index (χ2v) is 7.80. The van der Waals surface area contributed by atoms with Crippen LogP contribution < -0.4 is 5.32 Å². The van der Waals surface area contributed by atoms with Gasteiger partial charge in [0, 0.05) is 44.1 Å². The Labute approximate surface area is 165 Å². The van der Waals surface area contributed by atoms with Gasteiger partial charge >= 0.3 is 0 Å². The number of amides is 1. The predicted molar refractivity (Wildman–Crippen MR) is 105 cm³/mol. The van der Waals surface area contributed by atoms with Crippen LogP contribution in [0.25, 0.3) is 0 Å². The first-order valence-corrected chi connectivity index (χ1v) is 10.0. The standard InChI is InChI=1S/C21H28N4O3/c26-20-13-17(15-25-7-1-6-22-25)12-19(20)23-21(27)18-4-2-16(3-5-18)14-24-8-10-28-11-9-24/h1-7,17,19-20,26H,8-15H2,(H,23,27)/t17?,19-,20-/m1/s1. The van der Waals surface area contributed by atoms with Gasteiger partial charge in [0.15, 0.2) is 0 Å². The lowest BCUT2D eigenvalue weighted by Crippen LogP contribution is -2.40. The number of nitrogens with zero attached hydrogens (tertiary/aromatic N) is 3. The summed E-state index contributed by atoms with van der Waals surface area (Å²) >= 11 is 0. The third kappa shape index (κ3) is 4.79. The van der Waals surface area contributed by atoms with E-state index in [-0.39, 0.29) is 11.9 Å². The number of rotatable bonds is 6. The van der Waals surface area contributed by atoms with E-state index in [0.717, 1.165) is 45.8 Å². The highest BCUT2D eigenvalue weighted by Gasteiger charge is 2.34. The van der Waals surface area contributed by atoms with Gasteiger partial charge < -0.3 is 15.2 Å². The fourth-order valence-electron chi connectivity index (χ4n) is 4.13. The van der Waals surface area contributed by atoms with Crippen LogP contribution in [0, 0.1) is 5.92 Å². The van der Waals surface area contributed by atoms with Gasteiger partial charge in [0.25, 0.3) is 5.91 Å². The Morgan fingerprint density at radius 2 is 2.00 bits per heavy atom. The summed E-state index contributed by atoms with van der Waals surface area (Å²) < 4.78 is 7.26. The topological polar surface area (TPSA) is 79.6 Å². The van der Waals surface area contributed by atoms with Gasteiger partial charge in [-0.15, -0.1) is 0 Å². The number of nitrogens with one attached hydrogen (secondary N) is 1. The highest BCUT2D eigenvalue weighted by atomic mass is 16.5. The average molecular weight is 384 g/mol. The van der Waals surface area contributed by atoms with Gasteiger partial charge in [-0.3, -0.25) is 14.4 Å². The van der Waals surface area contributed by atoms with E-state index in [1.54, 1.807) is 6.20 Å². The lowest BCUT2D eigenvalue weighted by atomic mass is 10.1. The van der Waals surface area contributed by atoms with Crippen LogP contribution in [0.5, 0.6) is 0 Å². The van der Waals surface area contributed by atoms with E-state index in [2.05, 4.69) is 15.3 Å². The highest BCUT2D eigenvalue weighted by molar-refractivity contribution is 5.94. The van der Waals surface area contributed by atoms with Crippen molar-refractivity contribution in [2.75, 3.05) is 26.3 Å². The molecule has 0 bridgehead atoms. The number of carbonyl (C=O) groups excluding carboxylic acids is 1. The van der Waals surface area contributed by atoms with E-state index in [9.17, 15) is 9.90 Å². The molecule has 7 nitrogen and oxygen atoms in total. The molecule has 2 heterocycles. The average Bonchev–Trinajstić information content (AvgIpc) is 3.33. The molecule has 3 atom stereocenters. The highest BCUT2D eigenvalue weighted by Crippen LogP contribution is 2.27. The summed E-state index contributed by atoms with van der Waals surface area (Å²) in [6, 6.07) is 9.45. The van der Waals surface area contributed by atoms with Crippen LogP contribution in [0.3, 0.4) is 0 Å². The minimum absolute atomic E-state index is 0.123. The number of hydrogen-bond donors (Lipinski definition) is 2. The monoisotopic (exact) mass is 384 g/mol. The number of benzene rings is 1. The quantitative estimate of drug-likeness (QED) is 0.785. The van der Waals surface area contributed by atoms with Crippen molar-refractivity contribution in [3.05, 3.63) is 53.9 Å². The Balaban J connectivity index is 1.29. The summed E-state index contributed by atoms with van der Waals surface area (Å²) in [5.41, 5.74) is 1.83. The third-order valence-electron chi connectivity index (χ3n) is 5.67. The predicted octanol–water partition coefficient (Wildman–Crippen LogP) is 1.28. The van der Waals surface area contributed by atoms with Crippen molar-refractivity contribution in [2.45, 2.75) is 38.1 Å². The number of aliphatic hydroxyl groups is 1. The number of ether oxygens (including phenoxy) is 1. The van der Waals surface area contributed by atoms with E-state index in [4.69, 9.17) is 4.74 Å². The molecule has 28 heavy (non-hydrogen) atoms. The Bertz CT molecular complexity index is 756. The first kappa shape index (κ1) is 19.1. The van der Waals surface area contributed by atoms with Crippen LogP contribution in [-0.2, 0) is 17.8 Å². The maximum absolute atomic E-state index is 12.6. The van der Waals surface area contributed by atoms with Crippen molar-refractivity contribution in [3.63, 3.8) is 0 Å². The number of hydrogen-bond acceptors (Lipinski definition) is 5. The van der Waals surface area contributed by atoms with Crippen molar-refractivity contribution in [1.82, 2.24) is 20.0 Å². The van der Waals surface area contributed by atoms with Gasteiger partial charge in [-0.25, -0.2) is 0 Å². The minimum Gasteiger partial charge on any atom is -0.391 e. The van der Waals surface area contributed by atoms with Crippen molar-refractivity contribution >= 4 is 5.91 Å². The summed E-state index contributed by atoms with van der Waals surface area (Å²) in [6.45, 7) is 5.11. The molecule has 2 aromatic rings. The first-order valence-electron chi connectivity index (χ1n) is 10.0. The molecule has 0 spiro atoms. The Hall–Kier alpha value is -2.22. The van der Waals surface area contributed by atoms with Gasteiger partial charge in [0.1, 0.15) is 0 Å². The van der Waals surface area contributed by atoms with E-state index < -0.39 is 6.10 Å². The molecule has 1 unspecified atom stereocenters. The number of aliphatic hydroxyl groups excluding tert-OH is 1. The van der Waals surface area contributed by atoms with Crippen LogP contribution in [0.2, 0.25) is 0 Å². The molecular formula is C21H28N4O3. The fraction of sp³-hybridized carbons (Fsp3) is 0.524. The normalized spacial score (nSPS) is 25.7. The Morgan fingerprint density at radius 1 is 1.21 bits per heavy atom. The van der Waals surface area contributed by atoms with Gasteiger partial charge in [0.05, 0.1) is 25.4 Å². The molecule has 4 rings (SSSR count).